The van der Waals surface area contributed by atoms with Gasteiger partial charge in [0.1, 0.15) is 6.26 Å². The Balaban J connectivity index is 0.000000232. The van der Waals surface area contributed by atoms with Crippen molar-refractivity contribution >= 4 is 37.9 Å². The summed E-state index contributed by atoms with van der Waals surface area (Å²) in [4.78, 5) is 0. The first-order valence-electron chi connectivity index (χ1n) is 5.59. The maximum Gasteiger partial charge on any atom is 0.673 e. The van der Waals surface area contributed by atoms with Crippen LogP contribution in [0, 0.1) is 0 Å². The molecule has 3 rings (SSSR count). The number of hydrogen-bond acceptors (Lipinski definition) is 0. The lowest BCUT2D eigenvalue weighted by molar-refractivity contribution is 0.368. The van der Waals surface area contributed by atoms with Gasteiger partial charge in [-0.2, -0.15) is 0 Å². The first-order chi connectivity index (χ1) is 8.88. The van der Waals surface area contributed by atoms with E-state index in [-0.39, 0.29) is 10.5 Å². The molecule has 3 aromatic rings. The Hall–Kier alpha value is -1.56. The first kappa shape index (κ1) is 13.9. The molecule has 0 fully saturated rings. The van der Waals surface area contributed by atoms with Gasteiger partial charge >= 0.3 is 7.25 Å². The zero-order valence-corrected chi connectivity index (χ0v) is 10.9. The Morgan fingerprint density at radius 1 is 0.737 bits per heavy atom. The van der Waals surface area contributed by atoms with E-state index < -0.39 is 7.25 Å². The second kappa shape index (κ2) is 5.21. The van der Waals surface area contributed by atoms with E-state index in [1.54, 1.807) is 0 Å². The molecule has 0 spiro atoms. The third kappa shape index (κ3) is 3.26. The number of halogens is 4. The summed E-state index contributed by atoms with van der Waals surface area (Å²) in [6, 6.07) is 17.5. The van der Waals surface area contributed by atoms with Crippen LogP contribution in [0.25, 0.3) is 20.2 Å². The third-order valence-corrected chi connectivity index (χ3v) is 4.76. The molecule has 19 heavy (non-hydrogen) atoms. The fourth-order valence-electron chi connectivity index (χ4n) is 2.03. The van der Waals surface area contributed by atoms with Crippen molar-refractivity contribution in [3.05, 3.63) is 48.5 Å². The van der Waals surface area contributed by atoms with Gasteiger partial charge in [-0.25, -0.2) is 0 Å². The van der Waals surface area contributed by atoms with Crippen LogP contribution in [0.15, 0.2) is 48.5 Å². The molecular formula is C13H11BF4S. The molecule has 0 N–H and O–H groups in total. The molecule has 0 bridgehead atoms. The maximum absolute atomic E-state index is 9.75. The average molecular weight is 286 g/mol. The maximum atomic E-state index is 9.75. The lowest BCUT2D eigenvalue weighted by Gasteiger charge is -1.94. The van der Waals surface area contributed by atoms with Gasteiger partial charge < -0.3 is 17.3 Å². The molecule has 100 valence electrons. The molecule has 2 aromatic carbocycles. The van der Waals surface area contributed by atoms with E-state index in [2.05, 4.69) is 54.8 Å². The summed E-state index contributed by atoms with van der Waals surface area (Å²) in [5.41, 5.74) is 0. The molecule has 0 unspecified atom stereocenters. The van der Waals surface area contributed by atoms with Crippen LogP contribution >= 0.6 is 10.5 Å². The minimum atomic E-state index is -6.00. The van der Waals surface area contributed by atoms with E-state index in [1.807, 2.05) is 0 Å². The summed E-state index contributed by atoms with van der Waals surface area (Å²) in [6.07, 6.45) is 2.31. The smallest absolute Gasteiger partial charge is 0.418 e. The van der Waals surface area contributed by atoms with Gasteiger partial charge in [0.25, 0.3) is 0 Å². The van der Waals surface area contributed by atoms with Crippen LogP contribution in [0.1, 0.15) is 0 Å². The van der Waals surface area contributed by atoms with Crippen LogP contribution in [0.5, 0.6) is 0 Å². The average Bonchev–Trinajstić information content (AvgIpc) is 2.63. The predicted molar refractivity (Wildman–Crippen MR) is 75.1 cm³/mol. The lowest BCUT2D eigenvalue weighted by Crippen LogP contribution is -2.02. The standard InChI is InChI=1S/C13H11S.BF4/c1-14-12-8-4-2-6-10(12)11-7-3-5-9-13(11)14;2-1(3,4)5/h2-9H,1H3;/q+1;-1. The normalized spacial score (nSPS) is 11.4. The molecule has 0 aliphatic heterocycles. The highest BCUT2D eigenvalue weighted by atomic mass is 32.2. The Morgan fingerprint density at radius 2 is 1.05 bits per heavy atom. The van der Waals surface area contributed by atoms with Gasteiger partial charge in [0.05, 0.1) is 0 Å². The van der Waals surface area contributed by atoms with E-state index in [9.17, 15) is 17.3 Å². The van der Waals surface area contributed by atoms with Crippen molar-refractivity contribution in [2.75, 3.05) is 0 Å². The highest BCUT2D eigenvalue weighted by Gasteiger charge is 2.20. The lowest BCUT2D eigenvalue weighted by atomic mass is 10.2. The summed E-state index contributed by atoms with van der Waals surface area (Å²) in [6.45, 7) is 0. The highest BCUT2D eigenvalue weighted by molar-refractivity contribution is 7.41. The summed E-state index contributed by atoms with van der Waals surface area (Å²) < 4.78 is 42.0. The summed E-state index contributed by atoms with van der Waals surface area (Å²) in [5.74, 6) is 0. The van der Waals surface area contributed by atoms with Gasteiger partial charge in [0.2, 0.25) is 0 Å². The molecule has 6 heteroatoms. The Morgan fingerprint density at radius 3 is 1.42 bits per heavy atom. The van der Waals surface area contributed by atoms with Crippen molar-refractivity contribution in [1.29, 1.82) is 0 Å². The molecule has 0 saturated carbocycles. The van der Waals surface area contributed by atoms with Crippen molar-refractivity contribution in [2.45, 2.75) is 0 Å². The van der Waals surface area contributed by atoms with Crippen molar-refractivity contribution in [3.63, 3.8) is 0 Å². The minimum Gasteiger partial charge on any atom is -0.418 e. The molecule has 0 nitrogen and oxygen atoms in total. The SMILES string of the molecule is C[s+]1c2ccccc2c2ccccc21.F[B-](F)(F)F. The van der Waals surface area contributed by atoms with Crippen LogP contribution in [0.3, 0.4) is 0 Å². The topological polar surface area (TPSA) is 0 Å². The van der Waals surface area contributed by atoms with E-state index in [1.165, 1.54) is 20.2 Å². The van der Waals surface area contributed by atoms with Crippen molar-refractivity contribution < 1.29 is 17.3 Å². The number of thiophene rings is 1. The van der Waals surface area contributed by atoms with Gasteiger partial charge in [-0.1, -0.05) is 24.3 Å². The number of aryl methyl sites for hydroxylation is 1. The summed E-state index contributed by atoms with van der Waals surface area (Å²) in [7, 11) is -5.72. The van der Waals surface area contributed by atoms with E-state index in [0.29, 0.717) is 0 Å². The molecular weight excluding hydrogens is 275 g/mol. The summed E-state index contributed by atoms with van der Waals surface area (Å²) in [5, 5.41) is 2.85. The fourth-order valence-corrected chi connectivity index (χ4v) is 3.85. The fraction of sp³-hybridized carbons (Fsp3) is 0.0769. The quantitative estimate of drug-likeness (QED) is 0.287. The highest BCUT2D eigenvalue weighted by Crippen LogP contribution is 2.40. The molecule has 0 saturated heterocycles. The van der Waals surface area contributed by atoms with Crippen molar-refractivity contribution in [2.24, 2.45) is 6.26 Å². The zero-order chi connectivity index (χ0) is 14.0. The monoisotopic (exact) mass is 286 g/mol. The van der Waals surface area contributed by atoms with Gasteiger partial charge in [-0.3, -0.25) is 0 Å². The Bertz CT molecular complexity index is 643. The number of rotatable bonds is 0. The van der Waals surface area contributed by atoms with Crippen LogP contribution in [-0.2, 0) is 6.26 Å². The second-order valence-corrected chi connectivity index (χ2v) is 5.90. The van der Waals surface area contributed by atoms with E-state index in [4.69, 9.17) is 0 Å². The minimum absolute atomic E-state index is 0.277. The Kier molecular flexibility index (Phi) is 3.80. The second-order valence-electron chi connectivity index (χ2n) is 4.00. The molecule has 0 aliphatic rings. The summed E-state index contributed by atoms with van der Waals surface area (Å²) >= 11 is 0. The van der Waals surface area contributed by atoms with Crippen LogP contribution in [-0.4, -0.2) is 7.25 Å². The van der Waals surface area contributed by atoms with E-state index in [0.717, 1.165) is 0 Å². The van der Waals surface area contributed by atoms with Crippen LogP contribution in [0.4, 0.5) is 17.3 Å². The third-order valence-electron chi connectivity index (χ3n) is 2.72. The molecule has 1 aromatic heterocycles. The molecule has 0 atom stereocenters. The number of benzene rings is 2. The van der Waals surface area contributed by atoms with Gasteiger partial charge in [-0.05, 0) is 34.7 Å². The molecule has 1 heterocycles. The van der Waals surface area contributed by atoms with Crippen LogP contribution in [0.2, 0.25) is 0 Å². The molecule has 0 aliphatic carbocycles. The van der Waals surface area contributed by atoms with Crippen LogP contribution < -0.4 is 0 Å². The molecule has 0 radical (unpaired) electrons. The first-order valence-corrected chi connectivity index (χ1v) is 7.23. The van der Waals surface area contributed by atoms with Crippen molar-refractivity contribution in [1.82, 2.24) is 0 Å². The number of fused-ring (bicyclic) bond motifs is 3. The zero-order valence-electron chi connectivity index (χ0n) is 10.1. The van der Waals surface area contributed by atoms with Gasteiger partial charge in [0.15, 0.2) is 9.40 Å². The predicted octanol–water partition coefficient (Wildman–Crippen LogP) is 5.58. The van der Waals surface area contributed by atoms with Gasteiger partial charge in [0, 0.05) is 10.8 Å². The van der Waals surface area contributed by atoms with Gasteiger partial charge in [-0.15, -0.1) is 0 Å². The molecule has 0 amide bonds. The van der Waals surface area contributed by atoms with Crippen molar-refractivity contribution in [3.8, 4) is 0 Å². The Labute approximate surface area is 110 Å². The largest absolute Gasteiger partial charge is 0.673 e. The van der Waals surface area contributed by atoms with E-state index >= 15 is 0 Å². The number of hydrogen-bond donors (Lipinski definition) is 0.